The molecule has 0 aliphatic carbocycles. The highest BCUT2D eigenvalue weighted by atomic mass is 79.9. The summed E-state index contributed by atoms with van der Waals surface area (Å²) >= 11 is 5.16. The highest BCUT2D eigenvalue weighted by Crippen LogP contribution is 2.27. The molecule has 94 valence electrons. The predicted octanol–water partition coefficient (Wildman–Crippen LogP) is 3.94. The molecule has 2 aromatic rings. The van der Waals surface area contributed by atoms with E-state index in [9.17, 15) is 0 Å². The van der Waals surface area contributed by atoms with Gasteiger partial charge >= 0.3 is 0 Å². The van der Waals surface area contributed by atoms with Crippen LogP contribution in [0.25, 0.3) is 0 Å². The van der Waals surface area contributed by atoms with E-state index < -0.39 is 0 Å². The van der Waals surface area contributed by atoms with Crippen molar-refractivity contribution in [3.63, 3.8) is 0 Å². The lowest BCUT2D eigenvalue weighted by Gasteiger charge is -2.12. The number of aromatic nitrogens is 1. The van der Waals surface area contributed by atoms with Crippen LogP contribution < -0.4 is 5.73 Å². The zero-order valence-corrected chi connectivity index (χ0v) is 12.5. The minimum Gasteiger partial charge on any atom is -0.323 e. The lowest BCUT2D eigenvalue weighted by molar-refractivity contribution is 0.829. The van der Waals surface area contributed by atoms with Crippen molar-refractivity contribution in [2.45, 2.75) is 18.0 Å². The van der Waals surface area contributed by atoms with Crippen LogP contribution in [-0.2, 0) is 0 Å². The number of pyridine rings is 1. The number of aryl methyl sites for hydroxylation is 1. The molecule has 4 heteroatoms. The van der Waals surface area contributed by atoms with Gasteiger partial charge in [0.05, 0.1) is 0 Å². The van der Waals surface area contributed by atoms with Crippen molar-refractivity contribution in [1.29, 1.82) is 0 Å². The second kappa shape index (κ2) is 6.36. The lowest BCUT2D eigenvalue weighted by Crippen LogP contribution is -2.13. The quantitative estimate of drug-likeness (QED) is 0.866. The molecule has 0 saturated carbocycles. The van der Waals surface area contributed by atoms with E-state index in [4.69, 9.17) is 5.73 Å². The maximum absolute atomic E-state index is 6.18. The summed E-state index contributed by atoms with van der Waals surface area (Å²) in [5.41, 5.74) is 8.60. The Morgan fingerprint density at radius 2 is 2.00 bits per heavy atom. The summed E-state index contributed by atoms with van der Waals surface area (Å²) in [5, 5.41) is 0.986. The van der Waals surface area contributed by atoms with Gasteiger partial charge in [0.25, 0.3) is 0 Å². The Morgan fingerprint density at radius 3 is 2.67 bits per heavy atom. The molecule has 2 nitrogen and oxygen atoms in total. The van der Waals surface area contributed by atoms with E-state index >= 15 is 0 Å². The topological polar surface area (TPSA) is 38.9 Å². The molecule has 0 radical (unpaired) electrons. The van der Waals surface area contributed by atoms with Gasteiger partial charge in [0.2, 0.25) is 0 Å². The van der Waals surface area contributed by atoms with Gasteiger partial charge in [-0.05, 0) is 40.5 Å². The first-order valence-electron chi connectivity index (χ1n) is 5.72. The van der Waals surface area contributed by atoms with Crippen LogP contribution in [0.4, 0.5) is 0 Å². The van der Waals surface area contributed by atoms with Crippen molar-refractivity contribution >= 4 is 27.7 Å². The predicted molar refractivity (Wildman–Crippen MR) is 80.8 cm³/mol. The van der Waals surface area contributed by atoms with Crippen LogP contribution in [0, 0.1) is 6.92 Å². The zero-order valence-electron chi connectivity index (χ0n) is 10.1. The molecular weight excluding hydrogens is 308 g/mol. The number of nitrogens with two attached hydrogens (primary N) is 1. The van der Waals surface area contributed by atoms with Crippen molar-refractivity contribution in [1.82, 2.24) is 4.98 Å². The Morgan fingerprint density at radius 1 is 1.28 bits per heavy atom. The second-order valence-electron chi connectivity index (χ2n) is 4.12. The average molecular weight is 323 g/mol. The Hall–Kier alpha value is -0.840. The highest BCUT2D eigenvalue weighted by Gasteiger charge is 2.08. The summed E-state index contributed by atoms with van der Waals surface area (Å²) in [5.74, 6) is 0.818. The van der Waals surface area contributed by atoms with Crippen LogP contribution in [0.2, 0.25) is 0 Å². The van der Waals surface area contributed by atoms with E-state index in [1.165, 1.54) is 11.1 Å². The van der Waals surface area contributed by atoms with E-state index in [1.807, 2.05) is 12.1 Å². The first-order valence-corrected chi connectivity index (χ1v) is 7.50. The van der Waals surface area contributed by atoms with E-state index in [0.717, 1.165) is 15.3 Å². The van der Waals surface area contributed by atoms with Gasteiger partial charge in [-0.1, -0.05) is 29.8 Å². The Labute approximate surface area is 120 Å². The van der Waals surface area contributed by atoms with Gasteiger partial charge in [-0.2, -0.15) is 0 Å². The average Bonchev–Trinajstić information content (AvgIpc) is 2.38. The number of hydrogen-bond donors (Lipinski definition) is 1. The van der Waals surface area contributed by atoms with Gasteiger partial charge < -0.3 is 5.73 Å². The summed E-state index contributed by atoms with van der Waals surface area (Å²) in [6, 6.07) is 12.3. The minimum absolute atomic E-state index is 0.0320. The van der Waals surface area contributed by atoms with Gasteiger partial charge in [0, 0.05) is 22.5 Å². The third-order valence-electron chi connectivity index (χ3n) is 2.63. The molecule has 1 atom stereocenters. The normalized spacial score (nSPS) is 12.4. The SMILES string of the molecule is Cc1ccc(C(N)CSc2ncccc2Br)cc1. The Balaban J connectivity index is 1.98. The van der Waals surface area contributed by atoms with Crippen LogP contribution in [0.3, 0.4) is 0 Å². The molecule has 0 amide bonds. The monoisotopic (exact) mass is 322 g/mol. The van der Waals surface area contributed by atoms with E-state index in [0.29, 0.717) is 0 Å². The van der Waals surface area contributed by atoms with Crippen LogP contribution in [0.5, 0.6) is 0 Å². The molecule has 18 heavy (non-hydrogen) atoms. The molecule has 1 unspecified atom stereocenters. The molecule has 2 N–H and O–H groups in total. The molecule has 0 spiro atoms. The van der Waals surface area contributed by atoms with Gasteiger partial charge in [-0.3, -0.25) is 0 Å². The number of halogens is 1. The largest absolute Gasteiger partial charge is 0.323 e. The molecule has 0 bridgehead atoms. The fourth-order valence-corrected chi connectivity index (χ4v) is 3.03. The van der Waals surface area contributed by atoms with Crippen molar-refractivity contribution in [2.24, 2.45) is 5.73 Å². The molecule has 2 rings (SSSR count). The van der Waals surface area contributed by atoms with Crippen LogP contribution in [0.1, 0.15) is 17.2 Å². The minimum atomic E-state index is 0.0320. The maximum Gasteiger partial charge on any atom is 0.110 e. The first-order chi connectivity index (χ1) is 8.66. The van der Waals surface area contributed by atoms with E-state index in [1.54, 1.807) is 18.0 Å². The molecule has 1 aromatic carbocycles. The Kier molecular flexibility index (Phi) is 4.80. The lowest BCUT2D eigenvalue weighted by atomic mass is 10.1. The van der Waals surface area contributed by atoms with E-state index in [-0.39, 0.29) is 6.04 Å². The zero-order chi connectivity index (χ0) is 13.0. The molecule has 0 fully saturated rings. The summed E-state index contributed by atoms with van der Waals surface area (Å²) in [6.45, 7) is 2.08. The van der Waals surface area contributed by atoms with Gasteiger partial charge in [0.1, 0.15) is 5.03 Å². The molecule has 1 aromatic heterocycles. The molecular formula is C14H15BrN2S. The fraction of sp³-hybridized carbons (Fsp3) is 0.214. The summed E-state index contributed by atoms with van der Waals surface area (Å²) in [7, 11) is 0. The summed E-state index contributed by atoms with van der Waals surface area (Å²) in [4.78, 5) is 4.32. The molecule has 0 saturated heterocycles. The van der Waals surface area contributed by atoms with Crippen molar-refractivity contribution in [3.8, 4) is 0 Å². The van der Waals surface area contributed by atoms with E-state index in [2.05, 4.69) is 52.1 Å². The third-order valence-corrected chi connectivity index (χ3v) is 4.66. The number of benzene rings is 1. The summed E-state index contributed by atoms with van der Waals surface area (Å²) in [6.07, 6.45) is 1.80. The van der Waals surface area contributed by atoms with Crippen molar-refractivity contribution in [3.05, 3.63) is 58.2 Å². The van der Waals surface area contributed by atoms with Gasteiger partial charge in [0.15, 0.2) is 0 Å². The fourth-order valence-electron chi connectivity index (χ4n) is 1.56. The number of thioether (sulfide) groups is 1. The first kappa shape index (κ1) is 13.6. The smallest absolute Gasteiger partial charge is 0.110 e. The molecule has 1 heterocycles. The van der Waals surface area contributed by atoms with Crippen LogP contribution in [-0.4, -0.2) is 10.7 Å². The standard InChI is InChI=1S/C14H15BrN2S/c1-10-4-6-11(7-5-10)13(16)9-18-14-12(15)3-2-8-17-14/h2-8,13H,9,16H2,1H3. The van der Waals surface area contributed by atoms with Crippen molar-refractivity contribution < 1.29 is 0 Å². The third kappa shape index (κ3) is 3.57. The van der Waals surface area contributed by atoms with Gasteiger partial charge in [-0.15, -0.1) is 11.8 Å². The molecule has 0 aliphatic rings. The van der Waals surface area contributed by atoms with Crippen LogP contribution in [0.15, 0.2) is 52.1 Å². The highest BCUT2D eigenvalue weighted by molar-refractivity contribution is 9.10. The van der Waals surface area contributed by atoms with Crippen molar-refractivity contribution in [2.75, 3.05) is 5.75 Å². The number of hydrogen-bond acceptors (Lipinski definition) is 3. The summed E-state index contributed by atoms with van der Waals surface area (Å²) < 4.78 is 1.02. The van der Waals surface area contributed by atoms with Gasteiger partial charge in [-0.25, -0.2) is 4.98 Å². The maximum atomic E-state index is 6.18. The molecule has 0 aliphatic heterocycles. The number of nitrogens with zero attached hydrogens (tertiary/aromatic N) is 1. The van der Waals surface area contributed by atoms with Crippen LogP contribution >= 0.6 is 27.7 Å². The number of rotatable bonds is 4. The Bertz CT molecular complexity index is 513. The second-order valence-corrected chi connectivity index (χ2v) is 5.98.